The summed E-state index contributed by atoms with van der Waals surface area (Å²) in [6.45, 7) is 0. The number of hydrogen-bond donors (Lipinski definition) is 1. The quantitative estimate of drug-likeness (QED) is 0.901. The first kappa shape index (κ1) is 15.8. The van der Waals surface area contributed by atoms with Crippen molar-refractivity contribution in [1.29, 1.82) is 0 Å². The van der Waals surface area contributed by atoms with Gasteiger partial charge in [0.1, 0.15) is 11.5 Å². The lowest BCUT2D eigenvalue weighted by Gasteiger charge is -2.32. The third kappa shape index (κ3) is 3.56. The summed E-state index contributed by atoms with van der Waals surface area (Å²) in [6.07, 6.45) is 3.01. The molecule has 0 heterocycles. The Morgan fingerprint density at radius 2 is 1.95 bits per heavy atom. The summed E-state index contributed by atoms with van der Waals surface area (Å²) in [7, 11) is -2.10. The van der Waals surface area contributed by atoms with E-state index in [1.54, 1.807) is 7.11 Å². The van der Waals surface area contributed by atoms with Gasteiger partial charge < -0.3 is 9.84 Å². The van der Waals surface area contributed by atoms with Crippen molar-refractivity contribution in [2.45, 2.75) is 36.9 Å². The highest BCUT2D eigenvalue weighted by atomic mass is 32.2. The number of carboxylic acid groups (broad SMARTS) is 1. The fourth-order valence-corrected chi connectivity index (χ4v) is 5.00. The molecule has 1 N–H and O–H groups in total. The standard InChI is InChI=1S/C15H20O5S/c1-20-13-8-4-2-6-11(13)12-7-3-5-9-14(12)21(18,19)10-15(16)17/h2,4,6,8,12,14H,3,5,7,9-10H2,1H3,(H,16,17)/t12-,14+/m1/s1. The molecule has 2 atom stereocenters. The van der Waals surface area contributed by atoms with Crippen LogP contribution in [0.1, 0.15) is 37.2 Å². The van der Waals surface area contributed by atoms with E-state index in [2.05, 4.69) is 0 Å². The second kappa shape index (κ2) is 6.47. The van der Waals surface area contributed by atoms with Crippen LogP contribution in [0.2, 0.25) is 0 Å². The molecule has 1 fully saturated rings. The number of benzene rings is 1. The summed E-state index contributed by atoms with van der Waals surface area (Å²) >= 11 is 0. The van der Waals surface area contributed by atoms with Crippen molar-refractivity contribution in [3.8, 4) is 5.75 Å². The molecule has 5 nitrogen and oxygen atoms in total. The highest BCUT2D eigenvalue weighted by Gasteiger charge is 2.38. The van der Waals surface area contributed by atoms with Crippen LogP contribution in [0.25, 0.3) is 0 Å². The van der Waals surface area contributed by atoms with E-state index in [1.807, 2.05) is 24.3 Å². The Hall–Kier alpha value is -1.56. The molecule has 1 saturated carbocycles. The highest BCUT2D eigenvalue weighted by Crippen LogP contribution is 2.40. The van der Waals surface area contributed by atoms with Gasteiger partial charge in [0.2, 0.25) is 0 Å². The van der Waals surface area contributed by atoms with Crippen LogP contribution < -0.4 is 4.74 Å². The van der Waals surface area contributed by atoms with Gasteiger partial charge in [0.15, 0.2) is 9.84 Å². The summed E-state index contributed by atoms with van der Waals surface area (Å²) in [4.78, 5) is 10.8. The average Bonchev–Trinajstić information content (AvgIpc) is 2.46. The summed E-state index contributed by atoms with van der Waals surface area (Å²) in [6, 6.07) is 7.38. The van der Waals surface area contributed by atoms with Crippen molar-refractivity contribution in [1.82, 2.24) is 0 Å². The summed E-state index contributed by atoms with van der Waals surface area (Å²) in [5.74, 6) is -1.62. The molecule has 1 aromatic carbocycles. The molecule has 116 valence electrons. The van der Waals surface area contributed by atoms with E-state index in [1.165, 1.54) is 0 Å². The Morgan fingerprint density at radius 1 is 1.29 bits per heavy atom. The molecule has 2 rings (SSSR count). The molecule has 0 saturated heterocycles. The molecule has 1 aliphatic carbocycles. The fourth-order valence-electron chi connectivity index (χ4n) is 3.13. The number of methoxy groups -OCH3 is 1. The summed E-state index contributed by atoms with van der Waals surface area (Å²) in [5, 5.41) is 8.19. The van der Waals surface area contributed by atoms with Gasteiger partial charge in [-0.2, -0.15) is 0 Å². The van der Waals surface area contributed by atoms with Crippen LogP contribution in [0.3, 0.4) is 0 Å². The molecule has 0 bridgehead atoms. The molecule has 0 unspecified atom stereocenters. The summed E-state index contributed by atoms with van der Waals surface area (Å²) in [5.41, 5.74) is 0.860. The first-order valence-electron chi connectivity index (χ1n) is 7.02. The van der Waals surface area contributed by atoms with Gasteiger partial charge >= 0.3 is 5.97 Å². The Morgan fingerprint density at radius 3 is 2.62 bits per heavy atom. The van der Waals surface area contributed by atoms with Crippen molar-refractivity contribution in [3.63, 3.8) is 0 Å². The maximum absolute atomic E-state index is 12.4. The van der Waals surface area contributed by atoms with Gasteiger partial charge in [0, 0.05) is 5.92 Å². The van der Waals surface area contributed by atoms with Crippen LogP contribution >= 0.6 is 0 Å². The fraction of sp³-hybridized carbons (Fsp3) is 0.533. The number of carboxylic acids is 1. The SMILES string of the molecule is COc1ccccc1[C@H]1CCCC[C@@H]1S(=O)(=O)CC(=O)O. The minimum Gasteiger partial charge on any atom is -0.496 e. The van der Waals surface area contributed by atoms with E-state index in [-0.39, 0.29) is 5.92 Å². The van der Waals surface area contributed by atoms with Crippen molar-refractivity contribution in [2.75, 3.05) is 12.9 Å². The summed E-state index contributed by atoms with van der Waals surface area (Å²) < 4.78 is 30.0. The number of carbonyl (C=O) groups is 1. The Labute approximate surface area is 124 Å². The lowest BCUT2D eigenvalue weighted by Crippen LogP contribution is -2.35. The van der Waals surface area contributed by atoms with Crippen LogP contribution in [0.15, 0.2) is 24.3 Å². The molecular formula is C15H20O5S. The van der Waals surface area contributed by atoms with E-state index in [9.17, 15) is 13.2 Å². The van der Waals surface area contributed by atoms with Gasteiger partial charge in [0.05, 0.1) is 12.4 Å². The Bertz CT molecular complexity index is 608. The molecule has 1 aliphatic rings. The minimum absolute atomic E-state index is 0.195. The van der Waals surface area contributed by atoms with Gasteiger partial charge in [0.25, 0.3) is 0 Å². The van der Waals surface area contributed by atoms with E-state index >= 15 is 0 Å². The number of aliphatic carboxylic acids is 1. The number of ether oxygens (including phenoxy) is 1. The first-order valence-corrected chi connectivity index (χ1v) is 8.73. The van der Waals surface area contributed by atoms with Gasteiger partial charge in [-0.05, 0) is 24.5 Å². The average molecular weight is 312 g/mol. The predicted octanol–water partition coefficient (Wildman–Crippen LogP) is 2.22. The second-order valence-electron chi connectivity index (χ2n) is 5.37. The number of hydrogen-bond acceptors (Lipinski definition) is 4. The van der Waals surface area contributed by atoms with Crippen LogP contribution in [-0.2, 0) is 14.6 Å². The number of sulfone groups is 1. The molecule has 0 amide bonds. The van der Waals surface area contributed by atoms with E-state index in [4.69, 9.17) is 9.84 Å². The van der Waals surface area contributed by atoms with E-state index < -0.39 is 26.8 Å². The monoisotopic (exact) mass is 312 g/mol. The third-order valence-corrected chi connectivity index (χ3v) is 6.16. The minimum atomic E-state index is -3.66. The Kier molecular flexibility index (Phi) is 4.88. The lowest BCUT2D eigenvalue weighted by molar-refractivity contribution is -0.134. The number of rotatable bonds is 5. The van der Waals surface area contributed by atoms with E-state index in [0.717, 1.165) is 24.8 Å². The van der Waals surface area contributed by atoms with Crippen molar-refractivity contribution < 1.29 is 23.1 Å². The zero-order valence-corrected chi connectivity index (χ0v) is 12.8. The van der Waals surface area contributed by atoms with E-state index in [0.29, 0.717) is 12.2 Å². The zero-order chi connectivity index (χ0) is 15.5. The molecule has 0 spiro atoms. The Balaban J connectivity index is 2.38. The van der Waals surface area contributed by atoms with Crippen LogP contribution in [-0.4, -0.2) is 37.6 Å². The van der Waals surface area contributed by atoms with Crippen LogP contribution in [0.5, 0.6) is 5.75 Å². The van der Waals surface area contributed by atoms with Gasteiger partial charge in [-0.25, -0.2) is 8.42 Å². The molecule has 21 heavy (non-hydrogen) atoms. The smallest absolute Gasteiger partial charge is 0.318 e. The van der Waals surface area contributed by atoms with Gasteiger partial charge in [-0.1, -0.05) is 31.0 Å². The van der Waals surface area contributed by atoms with Crippen molar-refractivity contribution >= 4 is 15.8 Å². The molecule has 1 aromatic rings. The van der Waals surface area contributed by atoms with Crippen molar-refractivity contribution in [3.05, 3.63) is 29.8 Å². The maximum Gasteiger partial charge on any atom is 0.318 e. The number of para-hydroxylation sites is 1. The lowest BCUT2D eigenvalue weighted by atomic mass is 9.83. The molecule has 0 aliphatic heterocycles. The maximum atomic E-state index is 12.4. The second-order valence-corrected chi connectivity index (χ2v) is 7.59. The first-order chi connectivity index (χ1) is 9.95. The van der Waals surface area contributed by atoms with Crippen molar-refractivity contribution in [2.24, 2.45) is 0 Å². The molecular weight excluding hydrogens is 292 g/mol. The van der Waals surface area contributed by atoms with Crippen LogP contribution in [0, 0.1) is 0 Å². The highest BCUT2D eigenvalue weighted by molar-refractivity contribution is 7.92. The molecule has 0 radical (unpaired) electrons. The molecule has 0 aromatic heterocycles. The normalized spacial score (nSPS) is 22.7. The topological polar surface area (TPSA) is 80.7 Å². The zero-order valence-electron chi connectivity index (χ0n) is 12.0. The van der Waals surface area contributed by atoms with Gasteiger partial charge in [-0.15, -0.1) is 0 Å². The van der Waals surface area contributed by atoms with Crippen LogP contribution in [0.4, 0.5) is 0 Å². The largest absolute Gasteiger partial charge is 0.496 e. The van der Waals surface area contributed by atoms with Gasteiger partial charge in [-0.3, -0.25) is 4.79 Å². The predicted molar refractivity (Wildman–Crippen MR) is 79.4 cm³/mol. The molecule has 6 heteroatoms. The third-order valence-electron chi connectivity index (χ3n) is 4.03.